The zero-order chi connectivity index (χ0) is 24.5. The highest BCUT2D eigenvalue weighted by molar-refractivity contribution is 7.22. The van der Waals surface area contributed by atoms with Gasteiger partial charge in [0.25, 0.3) is 5.91 Å². The third-order valence-electron chi connectivity index (χ3n) is 6.28. The Kier molecular flexibility index (Phi) is 7.77. The van der Waals surface area contributed by atoms with Gasteiger partial charge in [-0.2, -0.15) is 0 Å². The van der Waals surface area contributed by atoms with E-state index in [9.17, 15) is 14.4 Å². The number of imide groups is 1. The van der Waals surface area contributed by atoms with E-state index in [-0.39, 0.29) is 49.8 Å². The Hall–Kier alpha value is -3.21. The molecule has 1 aromatic heterocycles. The third-order valence-corrected chi connectivity index (χ3v) is 7.33. The van der Waals surface area contributed by atoms with Gasteiger partial charge in [-0.3, -0.25) is 24.2 Å². The molecule has 2 aliphatic heterocycles. The van der Waals surface area contributed by atoms with Gasteiger partial charge in [0.05, 0.1) is 15.9 Å². The Morgan fingerprint density at radius 3 is 2.42 bits per heavy atom. The number of carbonyl (C=O) groups excluding carboxylic acids is 3. The average molecular weight is 531 g/mol. The molecule has 3 heterocycles. The van der Waals surface area contributed by atoms with E-state index in [2.05, 4.69) is 18.7 Å². The maximum atomic E-state index is 13.8. The number of ether oxygens (including phenoxy) is 2. The quantitative estimate of drug-likeness (QED) is 0.405. The minimum Gasteiger partial charge on any atom is -0.454 e. The Morgan fingerprint density at radius 2 is 1.72 bits per heavy atom. The first-order valence-corrected chi connectivity index (χ1v) is 12.5. The second kappa shape index (κ2) is 10.8. The van der Waals surface area contributed by atoms with Gasteiger partial charge in [0.1, 0.15) is 0 Å². The number of halogens is 1. The van der Waals surface area contributed by atoms with Crippen LogP contribution >= 0.6 is 23.7 Å². The number of fused-ring (bicyclic) bond motifs is 2. The largest absolute Gasteiger partial charge is 0.454 e. The zero-order valence-electron chi connectivity index (χ0n) is 20.1. The number of carbonyl (C=O) groups is 3. The van der Waals surface area contributed by atoms with E-state index >= 15 is 0 Å². The van der Waals surface area contributed by atoms with Crippen LogP contribution in [0.4, 0.5) is 10.8 Å². The van der Waals surface area contributed by atoms with E-state index in [0.29, 0.717) is 41.0 Å². The topological polar surface area (TPSA) is 92.3 Å². The van der Waals surface area contributed by atoms with Gasteiger partial charge >= 0.3 is 0 Å². The summed E-state index contributed by atoms with van der Waals surface area (Å²) in [7, 11) is 0. The summed E-state index contributed by atoms with van der Waals surface area (Å²) in [5.74, 6) is 0.574. The van der Waals surface area contributed by atoms with Crippen molar-refractivity contribution in [3.05, 3.63) is 42.0 Å². The fourth-order valence-electron chi connectivity index (χ4n) is 4.29. The van der Waals surface area contributed by atoms with E-state index in [1.54, 1.807) is 29.2 Å². The molecular weight excluding hydrogens is 504 g/mol. The standard InChI is InChI=1S/C25H26N4O5S.ClH/c1-3-27(4-2)10-11-28(25-26-18-13-19-20(34-15-33-19)14-21(18)35-25)24(32)16-6-5-7-17(12-16)29-22(30)8-9-23(29)31;/h5-7,12-14H,3-4,8-11,15H2,1-2H3;1H. The molecule has 2 aliphatic rings. The summed E-state index contributed by atoms with van der Waals surface area (Å²) < 4.78 is 11.9. The first-order valence-electron chi connectivity index (χ1n) is 11.7. The van der Waals surface area contributed by atoms with Crippen LogP contribution in [-0.2, 0) is 9.59 Å². The molecule has 3 aromatic rings. The number of nitrogens with zero attached hydrogens (tertiary/aromatic N) is 4. The molecular formula is C25H27ClN4O5S. The van der Waals surface area contributed by atoms with E-state index in [1.807, 2.05) is 12.1 Å². The Labute approximate surface area is 219 Å². The average Bonchev–Trinajstić information content (AvgIpc) is 3.58. The molecule has 0 radical (unpaired) electrons. The van der Waals surface area contributed by atoms with Crippen LogP contribution in [0, 0.1) is 0 Å². The summed E-state index contributed by atoms with van der Waals surface area (Å²) in [5, 5.41) is 0.569. The van der Waals surface area contributed by atoms with Crippen LogP contribution in [0.15, 0.2) is 36.4 Å². The Bertz CT molecular complexity index is 1250. The highest BCUT2D eigenvalue weighted by atomic mass is 35.5. The third kappa shape index (κ3) is 4.88. The van der Waals surface area contributed by atoms with Crippen molar-refractivity contribution in [1.29, 1.82) is 0 Å². The van der Waals surface area contributed by atoms with Crippen LogP contribution in [0.3, 0.4) is 0 Å². The first-order chi connectivity index (χ1) is 17.0. The van der Waals surface area contributed by atoms with Crippen LogP contribution in [0.5, 0.6) is 11.5 Å². The van der Waals surface area contributed by atoms with Gasteiger partial charge in [-0.05, 0) is 31.3 Å². The molecule has 0 aliphatic carbocycles. The van der Waals surface area contributed by atoms with E-state index in [4.69, 9.17) is 14.5 Å². The summed E-state index contributed by atoms with van der Waals surface area (Å²) in [6.45, 7) is 7.22. The van der Waals surface area contributed by atoms with Gasteiger partial charge in [-0.1, -0.05) is 31.3 Å². The van der Waals surface area contributed by atoms with Crippen molar-refractivity contribution in [1.82, 2.24) is 9.88 Å². The van der Waals surface area contributed by atoms with Crippen molar-refractivity contribution in [3.63, 3.8) is 0 Å². The first kappa shape index (κ1) is 25.9. The molecule has 190 valence electrons. The number of aromatic nitrogens is 1. The number of anilines is 2. The van der Waals surface area contributed by atoms with Crippen molar-refractivity contribution in [2.24, 2.45) is 0 Å². The minimum absolute atomic E-state index is 0. The molecule has 0 saturated carbocycles. The Morgan fingerprint density at radius 1 is 1.03 bits per heavy atom. The van der Waals surface area contributed by atoms with Gasteiger partial charge in [0.15, 0.2) is 16.6 Å². The second-order valence-electron chi connectivity index (χ2n) is 8.33. The Balaban J connectivity index is 0.00000304. The second-order valence-corrected chi connectivity index (χ2v) is 9.34. The molecule has 0 spiro atoms. The van der Waals surface area contributed by atoms with Gasteiger partial charge in [0.2, 0.25) is 18.6 Å². The molecule has 3 amide bonds. The lowest BCUT2D eigenvalue weighted by molar-refractivity contribution is -0.121. The lowest BCUT2D eigenvalue weighted by Gasteiger charge is -2.25. The SMILES string of the molecule is CCN(CC)CCN(C(=O)c1cccc(N2C(=O)CCC2=O)c1)c1nc2cc3c(cc2s1)OCO3.Cl. The molecule has 0 unspecified atom stereocenters. The predicted octanol–water partition coefficient (Wildman–Crippen LogP) is 4.09. The minimum atomic E-state index is -0.248. The lowest BCUT2D eigenvalue weighted by Crippen LogP contribution is -2.39. The van der Waals surface area contributed by atoms with E-state index in [0.717, 1.165) is 28.2 Å². The van der Waals surface area contributed by atoms with Crippen LogP contribution in [-0.4, -0.2) is 60.6 Å². The number of thiazole rings is 1. The molecule has 11 heteroatoms. The number of benzene rings is 2. The van der Waals surface area contributed by atoms with Crippen LogP contribution in [0.1, 0.15) is 37.0 Å². The predicted molar refractivity (Wildman–Crippen MR) is 141 cm³/mol. The van der Waals surface area contributed by atoms with Crippen LogP contribution < -0.4 is 19.3 Å². The van der Waals surface area contributed by atoms with Crippen molar-refractivity contribution in [3.8, 4) is 11.5 Å². The van der Waals surface area contributed by atoms with Gasteiger partial charge < -0.3 is 14.4 Å². The number of hydrogen-bond donors (Lipinski definition) is 0. The maximum absolute atomic E-state index is 13.8. The van der Waals surface area contributed by atoms with Crippen molar-refractivity contribution in [2.75, 3.05) is 42.8 Å². The number of rotatable bonds is 8. The molecule has 0 atom stereocenters. The highest BCUT2D eigenvalue weighted by Crippen LogP contribution is 2.40. The number of likely N-dealkylation sites (N-methyl/N-ethyl adjacent to an activating group) is 1. The normalized spacial score (nSPS) is 14.6. The number of hydrogen-bond acceptors (Lipinski definition) is 8. The maximum Gasteiger partial charge on any atom is 0.260 e. The smallest absolute Gasteiger partial charge is 0.260 e. The molecule has 5 rings (SSSR count). The molecule has 0 bridgehead atoms. The monoisotopic (exact) mass is 530 g/mol. The van der Waals surface area contributed by atoms with Crippen molar-refractivity contribution in [2.45, 2.75) is 26.7 Å². The zero-order valence-corrected chi connectivity index (χ0v) is 21.7. The summed E-state index contributed by atoms with van der Waals surface area (Å²) in [5.41, 5.74) is 1.54. The highest BCUT2D eigenvalue weighted by Gasteiger charge is 2.31. The van der Waals surface area contributed by atoms with Crippen LogP contribution in [0.2, 0.25) is 0 Å². The van der Waals surface area contributed by atoms with Gasteiger partial charge in [0, 0.05) is 43.6 Å². The van der Waals surface area contributed by atoms with Gasteiger partial charge in [-0.15, -0.1) is 12.4 Å². The summed E-state index contributed by atoms with van der Waals surface area (Å²) in [6, 6.07) is 10.4. The molecule has 9 nitrogen and oxygen atoms in total. The fourth-order valence-corrected chi connectivity index (χ4v) is 5.29. The number of amides is 3. The molecule has 1 saturated heterocycles. The molecule has 2 aromatic carbocycles. The molecule has 36 heavy (non-hydrogen) atoms. The molecule has 1 fully saturated rings. The van der Waals surface area contributed by atoms with E-state index < -0.39 is 0 Å². The molecule has 0 N–H and O–H groups in total. The summed E-state index contributed by atoms with van der Waals surface area (Å²) >= 11 is 1.41. The van der Waals surface area contributed by atoms with E-state index in [1.165, 1.54) is 11.3 Å². The summed E-state index contributed by atoms with van der Waals surface area (Å²) in [6.07, 6.45) is 0.381. The van der Waals surface area contributed by atoms with Crippen molar-refractivity contribution < 1.29 is 23.9 Å². The van der Waals surface area contributed by atoms with Crippen LogP contribution in [0.25, 0.3) is 10.2 Å². The van der Waals surface area contributed by atoms with Crippen molar-refractivity contribution >= 4 is 62.5 Å². The summed E-state index contributed by atoms with van der Waals surface area (Å²) in [4.78, 5) is 48.0. The fraction of sp³-hybridized carbons (Fsp3) is 0.360. The van der Waals surface area contributed by atoms with Gasteiger partial charge in [-0.25, -0.2) is 4.98 Å². The lowest BCUT2D eigenvalue weighted by atomic mass is 10.1.